The lowest BCUT2D eigenvalue weighted by Crippen LogP contribution is -2.35. The number of likely N-dealkylation sites (tertiary alicyclic amines) is 1. The van der Waals surface area contributed by atoms with Crippen molar-refractivity contribution in [3.05, 3.63) is 35.2 Å². The third kappa shape index (κ3) is 2.47. The van der Waals surface area contributed by atoms with Crippen molar-refractivity contribution in [3.8, 4) is 12.3 Å². The van der Waals surface area contributed by atoms with Gasteiger partial charge in [0.1, 0.15) is 0 Å². The van der Waals surface area contributed by atoms with E-state index in [1.165, 1.54) is 6.42 Å². The minimum absolute atomic E-state index is 0.0469. The molecule has 0 aromatic carbocycles. The molecule has 0 amide bonds. The van der Waals surface area contributed by atoms with Gasteiger partial charge < -0.3 is 4.90 Å². The molecule has 1 aromatic heterocycles. The fraction of sp³-hybridized carbons (Fsp3) is 0.444. The van der Waals surface area contributed by atoms with Crippen LogP contribution in [0, 0.1) is 18.3 Å². The van der Waals surface area contributed by atoms with Crippen molar-refractivity contribution < 1.29 is 4.79 Å². The number of ketones is 1. The number of allylic oxidation sites excluding steroid dienone is 1. The third-order valence-corrected chi connectivity index (χ3v) is 4.63. The van der Waals surface area contributed by atoms with Crippen molar-refractivity contribution in [2.24, 2.45) is 5.92 Å². The third-order valence-electron chi connectivity index (χ3n) is 4.63. The van der Waals surface area contributed by atoms with Gasteiger partial charge in [-0.05, 0) is 30.4 Å². The van der Waals surface area contributed by atoms with Crippen molar-refractivity contribution in [2.75, 3.05) is 13.1 Å². The standard InChI is InChI=1S/C18H20N2O/c1-3-13-7-10-20(11-8-13)18-15(4-2)16(21)12-14-6-5-9-19-17(14)18/h2,5-6,9,13H,3,7-8,10-12H2,1H3. The van der Waals surface area contributed by atoms with E-state index in [0.29, 0.717) is 12.0 Å². The summed E-state index contributed by atoms with van der Waals surface area (Å²) >= 11 is 0. The topological polar surface area (TPSA) is 33.2 Å². The Kier molecular flexibility index (Phi) is 3.79. The lowest BCUT2D eigenvalue weighted by atomic mass is 9.88. The molecule has 2 aliphatic rings. The number of nitrogens with zero attached hydrogens (tertiary/aromatic N) is 2. The maximum absolute atomic E-state index is 12.3. The van der Waals surface area contributed by atoms with Crippen LogP contribution in [0.4, 0.5) is 0 Å². The number of fused-ring (bicyclic) bond motifs is 1. The van der Waals surface area contributed by atoms with Crippen LogP contribution in [0.5, 0.6) is 0 Å². The van der Waals surface area contributed by atoms with Gasteiger partial charge in [-0.15, -0.1) is 6.42 Å². The molecule has 0 atom stereocenters. The summed E-state index contributed by atoms with van der Waals surface area (Å²) < 4.78 is 0. The Morgan fingerprint density at radius 3 is 2.86 bits per heavy atom. The Bertz CT molecular complexity index is 631. The minimum atomic E-state index is 0.0469. The summed E-state index contributed by atoms with van der Waals surface area (Å²) in [6, 6.07) is 3.86. The van der Waals surface area contributed by atoms with Gasteiger partial charge in [0.15, 0.2) is 5.78 Å². The summed E-state index contributed by atoms with van der Waals surface area (Å²) in [6.45, 7) is 4.16. The van der Waals surface area contributed by atoms with Gasteiger partial charge >= 0.3 is 0 Å². The lowest BCUT2D eigenvalue weighted by molar-refractivity contribution is -0.114. The minimum Gasteiger partial charge on any atom is -0.369 e. The normalized spacial score (nSPS) is 19.4. The molecule has 3 heteroatoms. The first-order chi connectivity index (χ1) is 10.2. The largest absolute Gasteiger partial charge is 0.369 e. The van der Waals surface area contributed by atoms with Crippen molar-refractivity contribution >= 4 is 11.5 Å². The monoisotopic (exact) mass is 280 g/mol. The summed E-state index contributed by atoms with van der Waals surface area (Å²) in [5, 5.41) is 0. The number of terminal acetylenes is 1. The van der Waals surface area contributed by atoms with Gasteiger partial charge in [-0.2, -0.15) is 0 Å². The number of piperidine rings is 1. The van der Waals surface area contributed by atoms with Crippen LogP contribution in [0.3, 0.4) is 0 Å². The Hall–Kier alpha value is -2.08. The van der Waals surface area contributed by atoms with E-state index in [4.69, 9.17) is 6.42 Å². The lowest BCUT2D eigenvalue weighted by Gasteiger charge is -2.36. The Morgan fingerprint density at radius 2 is 2.19 bits per heavy atom. The van der Waals surface area contributed by atoms with E-state index in [2.05, 4.69) is 22.7 Å². The first kappa shape index (κ1) is 13.9. The van der Waals surface area contributed by atoms with Gasteiger partial charge in [0.25, 0.3) is 0 Å². The van der Waals surface area contributed by atoms with Crippen LogP contribution >= 0.6 is 0 Å². The van der Waals surface area contributed by atoms with Gasteiger partial charge in [0.05, 0.1) is 17.0 Å². The summed E-state index contributed by atoms with van der Waals surface area (Å²) in [4.78, 5) is 19.1. The quantitative estimate of drug-likeness (QED) is 0.781. The van der Waals surface area contributed by atoms with Crippen LogP contribution in [0.25, 0.3) is 5.70 Å². The molecule has 1 aromatic rings. The average molecular weight is 280 g/mol. The molecule has 1 aliphatic carbocycles. The maximum Gasteiger partial charge on any atom is 0.177 e. The fourth-order valence-corrected chi connectivity index (χ4v) is 3.33. The molecule has 1 fully saturated rings. The molecule has 0 spiro atoms. The number of rotatable bonds is 2. The van der Waals surface area contributed by atoms with E-state index in [1.807, 2.05) is 12.1 Å². The van der Waals surface area contributed by atoms with Gasteiger partial charge in [-0.25, -0.2) is 0 Å². The van der Waals surface area contributed by atoms with E-state index >= 15 is 0 Å². The van der Waals surface area contributed by atoms with E-state index in [0.717, 1.165) is 48.8 Å². The molecule has 0 N–H and O–H groups in total. The predicted molar refractivity (Wildman–Crippen MR) is 83.3 cm³/mol. The fourth-order valence-electron chi connectivity index (χ4n) is 3.33. The Labute approximate surface area is 126 Å². The van der Waals surface area contributed by atoms with Crippen LogP contribution in [-0.2, 0) is 11.2 Å². The van der Waals surface area contributed by atoms with Gasteiger partial charge in [-0.1, -0.05) is 25.3 Å². The van der Waals surface area contributed by atoms with Crippen LogP contribution in [0.15, 0.2) is 23.9 Å². The summed E-state index contributed by atoms with van der Waals surface area (Å²) in [6.07, 6.45) is 11.3. The molecule has 3 rings (SSSR count). The molecular weight excluding hydrogens is 260 g/mol. The van der Waals surface area contributed by atoms with E-state index in [1.54, 1.807) is 6.20 Å². The van der Waals surface area contributed by atoms with Crippen LogP contribution < -0.4 is 0 Å². The number of hydrogen-bond donors (Lipinski definition) is 0. The molecule has 1 saturated heterocycles. The molecule has 3 nitrogen and oxygen atoms in total. The highest BCUT2D eigenvalue weighted by molar-refractivity contribution is 6.09. The predicted octanol–water partition coefficient (Wildman–Crippen LogP) is 2.67. The summed E-state index contributed by atoms with van der Waals surface area (Å²) in [5.74, 6) is 3.45. The van der Waals surface area contributed by atoms with Crippen LogP contribution in [-0.4, -0.2) is 28.8 Å². The summed E-state index contributed by atoms with van der Waals surface area (Å²) in [7, 11) is 0. The van der Waals surface area contributed by atoms with Gasteiger partial charge in [0, 0.05) is 25.7 Å². The molecule has 1 aliphatic heterocycles. The van der Waals surface area contributed by atoms with Crippen molar-refractivity contribution in [1.29, 1.82) is 0 Å². The first-order valence-electron chi connectivity index (χ1n) is 7.67. The molecule has 0 bridgehead atoms. The number of hydrogen-bond acceptors (Lipinski definition) is 3. The second kappa shape index (κ2) is 5.73. The summed E-state index contributed by atoms with van der Waals surface area (Å²) in [5.41, 5.74) is 3.30. The van der Waals surface area contributed by atoms with Crippen molar-refractivity contribution in [3.63, 3.8) is 0 Å². The van der Waals surface area contributed by atoms with Crippen LogP contribution in [0.2, 0.25) is 0 Å². The van der Waals surface area contributed by atoms with E-state index in [9.17, 15) is 4.79 Å². The van der Waals surface area contributed by atoms with E-state index < -0.39 is 0 Å². The van der Waals surface area contributed by atoms with Crippen molar-refractivity contribution in [1.82, 2.24) is 9.88 Å². The highest BCUT2D eigenvalue weighted by atomic mass is 16.1. The number of pyridine rings is 1. The zero-order chi connectivity index (χ0) is 14.8. The van der Waals surface area contributed by atoms with Gasteiger partial charge in [-0.3, -0.25) is 9.78 Å². The number of carbonyl (C=O) groups excluding carboxylic acids is 1. The molecule has 21 heavy (non-hydrogen) atoms. The SMILES string of the molecule is C#CC1=C(N2CCC(CC)CC2)c2ncccc2CC1=O. The molecule has 0 unspecified atom stereocenters. The second-order valence-corrected chi connectivity index (χ2v) is 5.82. The maximum atomic E-state index is 12.3. The average Bonchev–Trinajstić information content (AvgIpc) is 2.53. The smallest absolute Gasteiger partial charge is 0.177 e. The molecular formula is C18H20N2O. The molecule has 0 saturated carbocycles. The van der Waals surface area contributed by atoms with Crippen molar-refractivity contribution in [2.45, 2.75) is 32.6 Å². The molecule has 2 heterocycles. The number of aromatic nitrogens is 1. The highest BCUT2D eigenvalue weighted by Gasteiger charge is 2.30. The van der Waals surface area contributed by atoms with Crippen LogP contribution in [0.1, 0.15) is 37.4 Å². The molecule has 108 valence electrons. The number of Topliss-reactive ketones (excluding diaryl/α,β-unsaturated/α-hetero) is 1. The highest BCUT2D eigenvalue weighted by Crippen LogP contribution is 2.33. The van der Waals surface area contributed by atoms with Gasteiger partial charge in [0.2, 0.25) is 0 Å². The Morgan fingerprint density at radius 1 is 1.43 bits per heavy atom. The first-order valence-corrected chi connectivity index (χ1v) is 7.67. The number of carbonyl (C=O) groups is 1. The second-order valence-electron chi connectivity index (χ2n) is 5.82. The zero-order valence-electron chi connectivity index (χ0n) is 12.4. The zero-order valence-corrected chi connectivity index (χ0v) is 12.4. The van der Waals surface area contributed by atoms with E-state index in [-0.39, 0.29) is 5.78 Å². The Balaban J connectivity index is 2.01. The molecule has 0 radical (unpaired) electrons.